The lowest BCUT2D eigenvalue weighted by Gasteiger charge is -2.19. The van der Waals surface area contributed by atoms with Crippen LogP contribution in [0.15, 0.2) is 0 Å². The Balaban J connectivity index is 2.20. The van der Waals surface area contributed by atoms with Crippen LogP contribution < -0.4 is 5.48 Å². The Hall–Kier alpha value is -0.260. The largest absolute Gasteiger partial charge is 0.272 e. The quantitative estimate of drug-likeness (QED) is 0.307. The lowest BCUT2D eigenvalue weighted by atomic mass is 9.89. The van der Waals surface area contributed by atoms with Crippen LogP contribution in [0.25, 0.3) is 0 Å². The molecule has 1 aliphatic carbocycles. The first kappa shape index (κ1) is 9.83. The van der Waals surface area contributed by atoms with Gasteiger partial charge in [0, 0.05) is 18.8 Å². The van der Waals surface area contributed by atoms with Gasteiger partial charge >= 0.3 is 0 Å². The van der Waals surface area contributed by atoms with E-state index in [0.717, 1.165) is 25.7 Å². The van der Waals surface area contributed by atoms with E-state index in [1.807, 2.05) is 0 Å². The number of hydrogen-bond acceptors (Lipinski definition) is 4. The van der Waals surface area contributed by atoms with E-state index in [4.69, 9.17) is 0 Å². The summed E-state index contributed by atoms with van der Waals surface area (Å²) in [6.07, 6.45) is 5.37. The number of rotatable bonds is 3. The van der Waals surface area contributed by atoms with Crippen LogP contribution in [0.3, 0.4) is 0 Å². The minimum Gasteiger partial charge on any atom is -0.272 e. The Morgan fingerprint density at radius 1 is 1.33 bits per heavy atom. The third-order valence-corrected chi connectivity index (χ3v) is 2.23. The van der Waals surface area contributed by atoms with Crippen LogP contribution in [0.1, 0.15) is 32.1 Å². The van der Waals surface area contributed by atoms with Crippen molar-refractivity contribution in [1.82, 2.24) is 5.48 Å². The van der Waals surface area contributed by atoms with Crippen LogP contribution in [0.2, 0.25) is 0 Å². The normalized spacial score (nSPS) is 19.1. The molecule has 1 rings (SSSR count). The maximum absolute atomic E-state index is 11.2. The highest BCUT2D eigenvalue weighted by Gasteiger charge is 2.20. The van der Waals surface area contributed by atoms with E-state index < -0.39 is 0 Å². The van der Waals surface area contributed by atoms with Gasteiger partial charge in [-0.3, -0.25) is 4.79 Å². The zero-order chi connectivity index (χ0) is 8.81. The number of hydrogen-bond donors (Lipinski definition) is 2. The van der Waals surface area contributed by atoms with Crippen LogP contribution >= 0.6 is 12.9 Å². The molecule has 0 aromatic heterocycles. The third kappa shape index (κ3) is 3.00. The molecule has 1 N–H and O–H groups in total. The second-order valence-electron chi connectivity index (χ2n) is 2.96. The van der Waals surface area contributed by atoms with Gasteiger partial charge in [0.1, 0.15) is 0 Å². The molecule has 1 saturated carbocycles. The van der Waals surface area contributed by atoms with E-state index in [-0.39, 0.29) is 11.8 Å². The number of carbonyl (C=O) groups excluding carboxylic acids is 1. The molecule has 0 atom stereocenters. The molecule has 1 fully saturated rings. The van der Waals surface area contributed by atoms with Crippen LogP contribution in [0.4, 0.5) is 0 Å². The summed E-state index contributed by atoms with van der Waals surface area (Å²) < 4.78 is 3.97. The van der Waals surface area contributed by atoms with Crippen molar-refractivity contribution in [3.05, 3.63) is 0 Å². The molecule has 4 nitrogen and oxygen atoms in total. The maximum atomic E-state index is 11.2. The minimum atomic E-state index is -0.108. The summed E-state index contributed by atoms with van der Waals surface area (Å²) in [5.74, 6) is -0.0222. The molecule has 0 unspecified atom stereocenters. The molecule has 1 amide bonds. The molecule has 5 heteroatoms. The van der Waals surface area contributed by atoms with Gasteiger partial charge in [-0.25, -0.2) is 5.48 Å². The minimum absolute atomic E-state index is 0.0854. The van der Waals surface area contributed by atoms with Gasteiger partial charge < -0.3 is 0 Å². The summed E-state index contributed by atoms with van der Waals surface area (Å²) in [4.78, 5) is 15.4. The average Bonchev–Trinajstić information content (AvgIpc) is 2.15. The van der Waals surface area contributed by atoms with Gasteiger partial charge in [-0.1, -0.05) is 24.3 Å². The van der Waals surface area contributed by atoms with Gasteiger partial charge in [0.15, 0.2) is 0 Å². The van der Waals surface area contributed by atoms with Crippen LogP contribution in [0.5, 0.6) is 0 Å². The predicted octanol–water partition coefficient (Wildman–Crippen LogP) is 1.39. The molecule has 1 aliphatic rings. The summed E-state index contributed by atoms with van der Waals surface area (Å²) >= 11 is 3.32. The molecule has 0 heterocycles. The fraction of sp³-hybridized carbons (Fsp3) is 0.857. The molecule has 0 spiro atoms. The molecule has 70 valence electrons. The van der Waals surface area contributed by atoms with Crippen molar-refractivity contribution < 1.29 is 14.1 Å². The smallest absolute Gasteiger partial charge is 0.249 e. The lowest BCUT2D eigenvalue weighted by molar-refractivity contribution is -0.241. The lowest BCUT2D eigenvalue weighted by Crippen LogP contribution is -2.31. The molecule has 0 radical (unpaired) electrons. The number of hydroxylamine groups is 1. The van der Waals surface area contributed by atoms with Gasteiger partial charge in [0.2, 0.25) is 5.91 Å². The van der Waals surface area contributed by atoms with E-state index in [2.05, 4.69) is 27.7 Å². The SMILES string of the molecule is O=C(NOOS)C1CCCCC1. The summed E-state index contributed by atoms with van der Waals surface area (Å²) in [5.41, 5.74) is 2.16. The summed E-state index contributed by atoms with van der Waals surface area (Å²) in [6.45, 7) is 0. The van der Waals surface area contributed by atoms with Crippen molar-refractivity contribution in [2.45, 2.75) is 32.1 Å². The molecule has 0 aromatic rings. The zero-order valence-corrected chi connectivity index (χ0v) is 7.68. The number of amides is 1. The maximum Gasteiger partial charge on any atom is 0.249 e. The van der Waals surface area contributed by atoms with Gasteiger partial charge in [-0.05, 0) is 12.8 Å². The van der Waals surface area contributed by atoms with Crippen molar-refractivity contribution in [1.29, 1.82) is 0 Å². The first-order chi connectivity index (χ1) is 5.84. The van der Waals surface area contributed by atoms with Crippen molar-refractivity contribution in [2.24, 2.45) is 5.92 Å². The summed E-state index contributed by atoms with van der Waals surface area (Å²) in [6, 6.07) is 0. The van der Waals surface area contributed by atoms with Crippen LogP contribution in [0, 0.1) is 5.92 Å². The predicted molar refractivity (Wildman–Crippen MR) is 45.9 cm³/mol. The van der Waals surface area contributed by atoms with E-state index >= 15 is 0 Å². The first-order valence-corrected chi connectivity index (χ1v) is 4.48. The van der Waals surface area contributed by atoms with Crippen molar-refractivity contribution in [2.75, 3.05) is 0 Å². The van der Waals surface area contributed by atoms with Crippen LogP contribution in [-0.2, 0) is 14.1 Å². The van der Waals surface area contributed by atoms with Crippen molar-refractivity contribution >= 4 is 18.8 Å². The highest BCUT2D eigenvalue weighted by atomic mass is 32.1. The first-order valence-electron chi connectivity index (χ1n) is 4.11. The van der Waals surface area contributed by atoms with Crippen molar-refractivity contribution in [3.8, 4) is 0 Å². The van der Waals surface area contributed by atoms with E-state index in [0.29, 0.717) is 0 Å². The summed E-state index contributed by atoms with van der Waals surface area (Å²) in [5, 5.41) is 0. The molecular formula is C7H13NO3S. The van der Waals surface area contributed by atoms with E-state index in [1.165, 1.54) is 6.42 Å². The van der Waals surface area contributed by atoms with E-state index in [1.54, 1.807) is 0 Å². The molecule has 0 saturated heterocycles. The third-order valence-electron chi connectivity index (χ3n) is 2.16. The number of thiol groups is 1. The second kappa shape index (κ2) is 5.40. The van der Waals surface area contributed by atoms with Crippen LogP contribution in [-0.4, -0.2) is 5.91 Å². The molecule has 0 aliphatic heterocycles. The second-order valence-corrected chi connectivity index (χ2v) is 3.11. The average molecular weight is 191 g/mol. The summed E-state index contributed by atoms with van der Waals surface area (Å²) in [7, 11) is 0. The van der Waals surface area contributed by atoms with Gasteiger partial charge in [-0.2, -0.15) is 0 Å². The number of carbonyl (C=O) groups is 1. The fourth-order valence-electron chi connectivity index (χ4n) is 1.51. The Morgan fingerprint density at radius 3 is 2.58 bits per heavy atom. The molecule has 0 aromatic carbocycles. The van der Waals surface area contributed by atoms with Gasteiger partial charge in [0.25, 0.3) is 0 Å². The van der Waals surface area contributed by atoms with Crippen molar-refractivity contribution in [3.63, 3.8) is 0 Å². The standard InChI is InChI=1S/C7H13NO3S/c9-7(8-10-11-12)6-4-2-1-3-5-6/h6,12H,1-5H2,(H,8,9). The monoisotopic (exact) mass is 191 g/mol. The molecule has 0 bridgehead atoms. The molecular weight excluding hydrogens is 178 g/mol. The Morgan fingerprint density at radius 2 is 2.00 bits per heavy atom. The molecule has 12 heavy (non-hydrogen) atoms. The Labute approximate surface area is 77.1 Å². The zero-order valence-electron chi connectivity index (χ0n) is 6.78. The number of nitrogens with one attached hydrogen (secondary N) is 1. The fourth-order valence-corrected chi connectivity index (χ4v) is 1.55. The topological polar surface area (TPSA) is 47.6 Å². The highest BCUT2D eigenvalue weighted by Crippen LogP contribution is 2.23. The Kier molecular flexibility index (Phi) is 4.42. The van der Waals surface area contributed by atoms with Gasteiger partial charge in [0.05, 0.1) is 0 Å². The highest BCUT2D eigenvalue weighted by molar-refractivity contribution is 7.74. The van der Waals surface area contributed by atoms with Gasteiger partial charge in [-0.15, -0.1) is 4.33 Å². The Bertz CT molecular complexity index is 148. The van der Waals surface area contributed by atoms with E-state index in [9.17, 15) is 4.79 Å².